The highest BCUT2D eigenvalue weighted by Gasteiger charge is 2.18. The van der Waals surface area contributed by atoms with Crippen LogP contribution >= 0.6 is 12.2 Å². The molecule has 0 bridgehead atoms. The first kappa shape index (κ1) is 13.1. The minimum Gasteiger partial charge on any atom is -0.376 e. The summed E-state index contributed by atoms with van der Waals surface area (Å²) in [6.45, 7) is 0. The minimum atomic E-state index is 0.312. The molecule has 3 nitrogen and oxygen atoms in total. The van der Waals surface area contributed by atoms with Gasteiger partial charge in [-0.3, -0.25) is 0 Å². The van der Waals surface area contributed by atoms with Crippen LogP contribution in [0.15, 0.2) is 24.3 Å². The molecule has 1 aromatic rings. The SMILES string of the molecule is CN(c1cccc(NC(N)=S)c1)C1CCCCC1. The van der Waals surface area contributed by atoms with Crippen molar-refractivity contribution in [2.24, 2.45) is 5.73 Å². The van der Waals surface area contributed by atoms with E-state index in [4.69, 9.17) is 18.0 Å². The molecule has 4 heteroatoms. The van der Waals surface area contributed by atoms with E-state index in [1.165, 1.54) is 37.8 Å². The van der Waals surface area contributed by atoms with Crippen LogP contribution in [0, 0.1) is 0 Å². The van der Waals surface area contributed by atoms with Gasteiger partial charge in [-0.2, -0.15) is 0 Å². The first-order valence-electron chi connectivity index (χ1n) is 6.56. The molecular formula is C14H21N3S. The quantitative estimate of drug-likeness (QED) is 0.822. The second-order valence-electron chi connectivity index (χ2n) is 4.94. The Morgan fingerprint density at radius 2 is 2.06 bits per heavy atom. The maximum atomic E-state index is 5.50. The molecule has 0 spiro atoms. The van der Waals surface area contributed by atoms with Crippen molar-refractivity contribution < 1.29 is 0 Å². The van der Waals surface area contributed by atoms with Crippen molar-refractivity contribution >= 4 is 28.7 Å². The molecule has 0 heterocycles. The van der Waals surface area contributed by atoms with E-state index in [9.17, 15) is 0 Å². The molecule has 0 amide bonds. The third-order valence-electron chi connectivity index (χ3n) is 3.64. The van der Waals surface area contributed by atoms with Crippen molar-refractivity contribution in [3.63, 3.8) is 0 Å². The molecule has 0 radical (unpaired) electrons. The van der Waals surface area contributed by atoms with Crippen LogP contribution in [0.3, 0.4) is 0 Å². The lowest BCUT2D eigenvalue weighted by molar-refractivity contribution is 0.427. The van der Waals surface area contributed by atoms with E-state index in [0.717, 1.165) is 5.69 Å². The van der Waals surface area contributed by atoms with E-state index >= 15 is 0 Å². The predicted molar refractivity (Wildman–Crippen MR) is 82.1 cm³/mol. The molecule has 0 atom stereocenters. The lowest BCUT2D eigenvalue weighted by Crippen LogP contribution is -2.33. The van der Waals surface area contributed by atoms with Gasteiger partial charge in [0.25, 0.3) is 0 Å². The number of benzene rings is 1. The molecule has 1 aromatic carbocycles. The molecule has 1 aliphatic carbocycles. The third kappa shape index (κ3) is 3.35. The summed E-state index contributed by atoms with van der Waals surface area (Å²) in [6.07, 6.45) is 6.67. The van der Waals surface area contributed by atoms with Gasteiger partial charge in [0.05, 0.1) is 0 Å². The largest absolute Gasteiger partial charge is 0.376 e. The molecule has 0 unspecified atom stereocenters. The second-order valence-corrected chi connectivity index (χ2v) is 5.38. The Labute approximate surface area is 114 Å². The van der Waals surface area contributed by atoms with Crippen molar-refractivity contribution in [3.05, 3.63) is 24.3 Å². The van der Waals surface area contributed by atoms with Gasteiger partial charge in [0.15, 0.2) is 5.11 Å². The molecule has 2 rings (SSSR count). The number of anilines is 2. The Hall–Kier alpha value is -1.29. The molecule has 1 fully saturated rings. The van der Waals surface area contributed by atoms with Crippen molar-refractivity contribution in [1.29, 1.82) is 0 Å². The number of thiocarbonyl (C=S) groups is 1. The van der Waals surface area contributed by atoms with Gasteiger partial charge in [-0.05, 0) is 43.3 Å². The molecule has 18 heavy (non-hydrogen) atoms. The van der Waals surface area contributed by atoms with Crippen LogP contribution in [0.2, 0.25) is 0 Å². The number of nitrogens with one attached hydrogen (secondary N) is 1. The molecule has 0 aliphatic heterocycles. The molecule has 1 aliphatic rings. The molecule has 98 valence electrons. The molecule has 1 saturated carbocycles. The van der Waals surface area contributed by atoms with E-state index in [1.54, 1.807) is 0 Å². The maximum Gasteiger partial charge on any atom is 0.168 e. The Morgan fingerprint density at radius 1 is 1.33 bits per heavy atom. The van der Waals surface area contributed by atoms with E-state index < -0.39 is 0 Å². The molecule has 0 aromatic heterocycles. The van der Waals surface area contributed by atoms with Gasteiger partial charge in [-0.15, -0.1) is 0 Å². The highest BCUT2D eigenvalue weighted by Crippen LogP contribution is 2.27. The molecule has 0 saturated heterocycles. The Kier molecular flexibility index (Phi) is 4.42. The first-order valence-corrected chi connectivity index (χ1v) is 6.97. The average molecular weight is 263 g/mol. The number of nitrogens with two attached hydrogens (primary N) is 1. The standard InChI is InChI=1S/C14H21N3S/c1-17(12-7-3-2-4-8-12)13-9-5-6-11(10-13)16-14(15)18/h5-6,9-10,12H,2-4,7-8H2,1H3,(H3,15,16,18). The Morgan fingerprint density at radius 3 is 2.72 bits per heavy atom. The number of nitrogens with zero attached hydrogens (tertiary/aromatic N) is 1. The summed E-state index contributed by atoms with van der Waals surface area (Å²) in [5.41, 5.74) is 7.69. The summed E-state index contributed by atoms with van der Waals surface area (Å²) < 4.78 is 0. The fourth-order valence-corrected chi connectivity index (χ4v) is 2.74. The summed E-state index contributed by atoms with van der Waals surface area (Å²) >= 11 is 4.86. The Balaban J connectivity index is 2.09. The summed E-state index contributed by atoms with van der Waals surface area (Å²) in [5, 5.41) is 3.30. The van der Waals surface area contributed by atoms with Gasteiger partial charge in [0.1, 0.15) is 0 Å². The number of rotatable bonds is 3. The summed E-state index contributed by atoms with van der Waals surface area (Å²) in [4.78, 5) is 2.38. The highest BCUT2D eigenvalue weighted by atomic mass is 32.1. The zero-order valence-corrected chi connectivity index (χ0v) is 11.7. The highest BCUT2D eigenvalue weighted by molar-refractivity contribution is 7.80. The van der Waals surface area contributed by atoms with Crippen molar-refractivity contribution in [2.75, 3.05) is 17.3 Å². The monoisotopic (exact) mass is 263 g/mol. The third-order valence-corrected chi connectivity index (χ3v) is 3.75. The van der Waals surface area contributed by atoms with Gasteiger partial charge in [-0.25, -0.2) is 0 Å². The van der Waals surface area contributed by atoms with Gasteiger partial charge < -0.3 is 16.0 Å². The zero-order chi connectivity index (χ0) is 13.0. The van der Waals surface area contributed by atoms with Crippen molar-refractivity contribution in [1.82, 2.24) is 0 Å². The van der Waals surface area contributed by atoms with E-state index in [1.807, 2.05) is 12.1 Å². The smallest absolute Gasteiger partial charge is 0.168 e. The first-order chi connectivity index (χ1) is 8.66. The molecule has 3 N–H and O–H groups in total. The lowest BCUT2D eigenvalue weighted by atomic mass is 9.94. The zero-order valence-electron chi connectivity index (χ0n) is 10.9. The van der Waals surface area contributed by atoms with Gasteiger partial charge in [-0.1, -0.05) is 25.3 Å². The predicted octanol–water partition coefficient (Wildman–Crippen LogP) is 3.11. The van der Waals surface area contributed by atoms with Crippen LogP contribution < -0.4 is 16.0 Å². The summed E-state index contributed by atoms with van der Waals surface area (Å²) in [7, 11) is 2.18. The van der Waals surface area contributed by atoms with Gasteiger partial charge >= 0.3 is 0 Å². The number of hydrogen-bond donors (Lipinski definition) is 2. The van der Waals surface area contributed by atoms with Crippen LogP contribution in [-0.4, -0.2) is 18.2 Å². The Bertz CT molecular complexity index is 413. The maximum absolute atomic E-state index is 5.50. The lowest BCUT2D eigenvalue weighted by Gasteiger charge is -2.33. The normalized spacial score (nSPS) is 16.3. The number of hydrogen-bond acceptors (Lipinski definition) is 2. The minimum absolute atomic E-state index is 0.312. The molecular weight excluding hydrogens is 242 g/mol. The van der Waals surface area contributed by atoms with Crippen LogP contribution in [0.25, 0.3) is 0 Å². The second kappa shape index (κ2) is 6.05. The average Bonchev–Trinajstić information content (AvgIpc) is 2.38. The van der Waals surface area contributed by atoms with Gasteiger partial charge in [0, 0.05) is 24.5 Å². The van der Waals surface area contributed by atoms with Gasteiger partial charge in [0.2, 0.25) is 0 Å². The fraction of sp³-hybridized carbons (Fsp3) is 0.500. The van der Waals surface area contributed by atoms with E-state index in [-0.39, 0.29) is 0 Å². The summed E-state index contributed by atoms with van der Waals surface area (Å²) in [6, 6.07) is 8.93. The van der Waals surface area contributed by atoms with Crippen molar-refractivity contribution in [3.8, 4) is 0 Å². The van der Waals surface area contributed by atoms with Crippen LogP contribution in [-0.2, 0) is 0 Å². The topological polar surface area (TPSA) is 41.3 Å². The van der Waals surface area contributed by atoms with Crippen LogP contribution in [0.5, 0.6) is 0 Å². The van der Waals surface area contributed by atoms with Crippen LogP contribution in [0.4, 0.5) is 11.4 Å². The fourth-order valence-electron chi connectivity index (χ4n) is 2.62. The van der Waals surface area contributed by atoms with E-state index in [2.05, 4.69) is 29.4 Å². The summed E-state index contributed by atoms with van der Waals surface area (Å²) in [5.74, 6) is 0. The van der Waals surface area contributed by atoms with Crippen molar-refractivity contribution in [2.45, 2.75) is 38.1 Å². The van der Waals surface area contributed by atoms with E-state index in [0.29, 0.717) is 11.2 Å². The van der Waals surface area contributed by atoms with Crippen LogP contribution in [0.1, 0.15) is 32.1 Å².